The third kappa shape index (κ3) is 1.64. The normalized spacial score (nSPS) is 11.3. The van der Waals surface area contributed by atoms with Crippen LogP contribution in [0.5, 0.6) is 0 Å². The topological polar surface area (TPSA) is 17.1 Å². The smallest absolute Gasteiger partial charge is 0.263 e. The van der Waals surface area contributed by atoms with Crippen LogP contribution >= 0.6 is 0 Å². The summed E-state index contributed by atoms with van der Waals surface area (Å²) in [6.07, 6.45) is 2.11. The predicted molar refractivity (Wildman–Crippen MR) is 20.6 cm³/mol. The van der Waals surface area contributed by atoms with Gasteiger partial charge in [0.15, 0.2) is 5.83 Å². The van der Waals surface area contributed by atoms with Crippen LogP contribution in [0.15, 0.2) is 11.9 Å². The van der Waals surface area contributed by atoms with Crippen molar-refractivity contribution in [1.29, 1.82) is 0 Å². The van der Waals surface area contributed by atoms with Gasteiger partial charge in [-0.05, 0) is 13.0 Å². The molecule has 1 radical (unpaired) electrons. The van der Waals surface area contributed by atoms with Crippen molar-refractivity contribution in [3.63, 3.8) is 0 Å². The van der Waals surface area contributed by atoms with Crippen LogP contribution in [-0.4, -0.2) is 6.29 Å². The van der Waals surface area contributed by atoms with Crippen LogP contribution in [0.25, 0.3) is 0 Å². The van der Waals surface area contributed by atoms with Crippen LogP contribution in [0, 0.1) is 0 Å². The molecule has 0 aliphatic heterocycles. The zero-order valence-corrected chi connectivity index (χ0v) is 3.36. The fourth-order valence-electron chi connectivity index (χ4n) is 0.0589. The van der Waals surface area contributed by atoms with Gasteiger partial charge in [0.1, 0.15) is 0 Å². The summed E-state index contributed by atoms with van der Waals surface area (Å²) in [4.78, 5) is 9.17. The Morgan fingerprint density at radius 2 is 2.50 bits per heavy atom. The zero-order valence-electron chi connectivity index (χ0n) is 3.36. The van der Waals surface area contributed by atoms with E-state index in [-0.39, 0.29) is 0 Å². The molecule has 0 aliphatic rings. The second-order valence-corrected chi connectivity index (χ2v) is 0.739. The van der Waals surface area contributed by atoms with Crippen molar-refractivity contribution in [2.75, 3.05) is 0 Å². The van der Waals surface area contributed by atoms with E-state index in [9.17, 15) is 4.39 Å². The van der Waals surface area contributed by atoms with E-state index in [4.69, 9.17) is 4.79 Å². The van der Waals surface area contributed by atoms with Crippen molar-refractivity contribution >= 4 is 6.29 Å². The Bertz CT molecular complexity index is 75.6. The number of hydrogen-bond acceptors (Lipinski definition) is 1. The lowest BCUT2D eigenvalue weighted by Gasteiger charge is -1.66. The molecule has 0 aromatic carbocycles. The molecule has 0 saturated heterocycles. The van der Waals surface area contributed by atoms with E-state index in [0.717, 1.165) is 12.4 Å². The number of carbonyl (C=O) groups excluding carboxylic acids is 1. The molecule has 2 heteroatoms. The molecule has 0 heterocycles. The number of halogens is 1. The number of allylic oxidation sites excluding steroid dienone is 2. The molecular formula is C4H4FO. The van der Waals surface area contributed by atoms with Crippen molar-refractivity contribution < 1.29 is 9.18 Å². The summed E-state index contributed by atoms with van der Waals surface area (Å²) >= 11 is 0. The lowest BCUT2D eigenvalue weighted by Crippen LogP contribution is -1.66. The molecular weight excluding hydrogens is 83.0 g/mol. The quantitative estimate of drug-likeness (QED) is 0.435. The van der Waals surface area contributed by atoms with E-state index in [1.165, 1.54) is 6.92 Å². The van der Waals surface area contributed by atoms with E-state index in [1.807, 2.05) is 0 Å². The summed E-state index contributed by atoms with van der Waals surface area (Å²) in [6, 6.07) is 0. The van der Waals surface area contributed by atoms with E-state index >= 15 is 0 Å². The van der Waals surface area contributed by atoms with Gasteiger partial charge in [-0.1, -0.05) is 0 Å². The van der Waals surface area contributed by atoms with Crippen molar-refractivity contribution in [2.45, 2.75) is 6.92 Å². The fourth-order valence-corrected chi connectivity index (χ4v) is 0.0589. The molecule has 6 heavy (non-hydrogen) atoms. The Balaban J connectivity index is 3.50. The van der Waals surface area contributed by atoms with Crippen molar-refractivity contribution in [3.8, 4) is 0 Å². The van der Waals surface area contributed by atoms with Crippen LogP contribution in [0.2, 0.25) is 0 Å². The van der Waals surface area contributed by atoms with Crippen LogP contribution in [0.1, 0.15) is 6.92 Å². The highest BCUT2D eigenvalue weighted by Crippen LogP contribution is 1.85. The summed E-state index contributed by atoms with van der Waals surface area (Å²) in [5.74, 6) is -0.838. The molecule has 0 N–H and O–H groups in total. The minimum absolute atomic E-state index is 0.838. The van der Waals surface area contributed by atoms with Gasteiger partial charge in [0.25, 0.3) is 6.29 Å². The van der Waals surface area contributed by atoms with E-state index < -0.39 is 5.83 Å². The minimum Gasteiger partial charge on any atom is -0.282 e. The maximum absolute atomic E-state index is 11.3. The molecule has 0 amide bonds. The van der Waals surface area contributed by atoms with E-state index in [0.29, 0.717) is 0 Å². The molecule has 0 aromatic rings. The summed E-state index contributed by atoms with van der Waals surface area (Å²) < 4.78 is 11.3. The maximum Gasteiger partial charge on any atom is 0.263 e. The highest BCUT2D eigenvalue weighted by molar-refractivity contribution is 5.70. The average Bonchev–Trinajstić information content (AvgIpc) is 1.65. The molecule has 0 spiro atoms. The lowest BCUT2D eigenvalue weighted by atomic mass is 10.5. The maximum atomic E-state index is 11.3. The molecule has 0 saturated carbocycles. The largest absolute Gasteiger partial charge is 0.282 e. The highest BCUT2D eigenvalue weighted by atomic mass is 19.1. The van der Waals surface area contributed by atoms with Gasteiger partial charge < -0.3 is 0 Å². The Labute approximate surface area is 35.5 Å². The van der Waals surface area contributed by atoms with Crippen LogP contribution in [-0.2, 0) is 4.79 Å². The molecule has 0 aliphatic carbocycles. The number of rotatable bonds is 1. The van der Waals surface area contributed by atoms with Gasteiger partial charge in [0.05, 0.1) is 0 Å². The third-order valence-corrected chi connectivity index (χ3v) is 0.351. The standard InChI is InChI=1S/C4H4FO/c1-2-4(5)3-6/h2H,1H3. The van der Waals surface area contributed by atoms with Gasteiger partial charge in [-0.3, -0.25) is 4.79 Å². The number of hydrogen-bond donors (Lipinski definition) is 0. The molecule has 0 rings (SSSR count). The van der Waals surface area contributed by atoms with Gasteiger partial charge >= 0.3 is 0 Å². The fraction of sp³-hybridized carbons (Fsp3) is 0.250. The molecule has 0 aromatic heterocycles. The third-order valence-electron chi connectivity index (χ3n) is 0.351. The van der Waals surface area contributed by atoms with Gasteiger partial charge in [0, 0.05) is 0 Å². The van der Waals surface area contributed by atoms with Gasteiger partial charge in [-0.15, -0.1) is 0 Å². The molecule has 1 nitrogen and oxygen atoms in total. The van der Waals surface area contributed by atoms with Gasteiger partial charge in [-0.2, -0.15) is 0 Å². The molecule has 0 bridgehead atoms. The minimum atomic E-state index is -0.838. The second-order valence-electron chi connectivity index (χ2n) is 0.739. The Morgan fingerprint density at radius 1 is 2.00 bits per heavy atom. The van der Waals surface area contributed by atoms with Crippen LogP contribution in [0.3, 0.4) is 0 Å². The molecule has 0 fully saturated rings. The average molecular weight is 87.1 g/mol. The lowest BCUT2D eigenvalue weighted by molar-refractivity contribution is 0.542. The van der Waals surface area contributed by atoms with Gasteiger partial charge in [-0.25, -0.2) is 4.39 Å². The molecule has 33 valence electrons. The monoisotopic (exact) mass is 87.0 g/mol. The van der Waals surface area contributed by atoms with Crippen molar-refractivity contribution in [3.05, 3.63) is 11.9 Å². The van der Waals surface area contributed by atoms with Gasteiger partial charge in [0.2, 0.25) is 0 Å². The summed E-state index contributed by atoms with van der Waals surface area (Å²) in [7, 11) is 0. The van der Waals surface area contributed by atoms with Crippen molar-refractivity contribution in [2.24, 2.45) is 0 Å². The van der Waals surface area contributed by atoms with E-state index in [1.54, 1.807) is 0 Å². The van der Waals surface area contributed by atoms with Crippen LogP contribution in [0.4, 0.5) is 4.39 Å². The second kappa shape index (κ2) is 2.57. The molecule has 0 atom stereocenters. The first-order valence-electron chi connectivity index (χ1n) is 1.51. The highest BCUT2D eigenvalue weighted by Gasteiger charge is 1.81. The van der Waals surface area contributed by atoms with Crippen molar-refractivity contribution in [1.82, 2.24) is 0 Å². The first-order chi connectivity index (χ1) is 2.81. The Hall–Kier alpha value is -0.660. The Morgan fingerprint density at radius 3 is 2.50 bits per heavy atom. The first kappa shape index (κ1) is 5.34. The predicted octanol–water partition coefficient (Wildman–Crippen LogP) is 0.969. The SMILES string of the molecule is CC=C(F)[C]=O. The summed E-state index contributed by atoms with van der Waals surface area (Å²) in [6.45, 7) is 1.43. The summed E-state index contributed by atoms with van der Waals surface area (Å²) in [5.41, 5.74) is 0. The van der Waals surface area contributed by atoms with Crippen LogP contribution < -0.4 is 0 Å². The zero-order chi connectivity index (χ0) is 4.99. The Kier molecular flexibility index (Phi) is 2.29. The first-order valence-corrected chi connectivity index (χ1v) is 1.51. The summed E-state index contributed by atoms with van der Waals surface area (Å²) in [5, 5.41) is 0. The molecule has 0 unspecified atom stereocenters. The van der Waals surface area contributed by atoms with E-state index in [2.05, 4.69) is 0 Å².